The van der Waals surface area contributed by atoms with Gasteiger partial charge in [-0.3, -0.25) is 0 Å². The molecule has 2 aromatic rings. The first-order chi connectivity index (χ1) is 8.50. The van der Waals surface area contributed by atoms with Crippen LogP contribution in [0.5, 0.6) is 0 Å². The summed E-state index contributed by atoms with van der Waals surface area (Å²) < 4.78 is 0. The lowest BCUT2D eigenvalue weighted by atomic mass is 9.97. The molecule has 2 rings (SSSR count). The largest absolute Gasteiger partial charge is 0.478 e. The van der Waals surface area contributed by atoms with Gasteiger partial charge in [0.2, 0.25) is 0 Å². The van der Waals surface area contributed by atoms with E-state index in [0.717, 1.165) is 15.3 Å². The second kappa shape index (κ2) is 4.92. The Kier molecular flexibility index (Phi) is 3.50. The van der Waals surface area contributed by atoms with Gasteiger partial charge >= 0.3 is 5.97 Å². The summed E-state index contributed by atoms with van der Waals surface area (Å²) >= 11 is 1.60. The first kappa shape index (κ1) is 12.8. The monoisotopic (exact) mass is 262 g/mol. The Hall–Kier alpha value is -1.65. The predicted molar refractivity (Wildman–Crippen MR) is 71.3 cm³/mol. The predicted octanol–water partition coefficient (Wildman–Crippen LogP) is 3.14. The number of aliphatic hydroxyl groups excluding tert-OH is 1. The molecule has 18 heavy (non-hydrogen) atoms. The molecule has 0 saturated heterocycles. The van der Waals surface area contributed by atoms with Crippen LogP contribution in [0.3, 0.4) is 0 Å². The molecule has 0 fully saturated rings. The maximum atomic E-state index is 11.1. The molecule has 1 heterocycles. The highest BCUT2D eigenvalue weighted by Crippen LogP contribution is 2.31. The van der Waals surface area contributed by atoms with Gasteiger partial charge in [0.05, 0.1) is 5.56 Å². The van der Waals surface area contributed by atoms with Crippen LogP contribution in [0.1, 0.15) is 37.3 Å². The van der Waals surface area contributed by atoms with Crippen molar-refractivity contribution >= 4 is 17.3 Å². The van der Waals surface area contributed by atoms with Gasteiger partial charge in [0.25, 0.3) is 0 Å². The van der Waals surface area contributed by atoms with Crippen molar-refractivity contribution in [2.45, 2.75) is 20.0 Å². The van der Waals surface area contributed by atoms with E-state index >= 15 is 0 Å². The number of thiophene rings is 1. The fourth-order valence-corrected chi connectivity index (χ4v) is 2.98. The van der Waals surface area contributed by atoms with Crippen LogP contribution in [0.15, 0.2) is 30.3 Å². The summed E-state index contributed by atoms with van der Waals surface area (Å²) in [6, 6.07) is 8.46. The van der Waals surface area contributed by atoms with Crippen LogP contribution < -0.4 is 0 Å². The Bertz CT molecular complexity index is 586. The highest BCUT2D eigenvalue weighted by molar-refractivity contribution is 7.12. The molecule has 0 bridgehead atoms. The highest BCUT2D eigenvalue weighted by Gasteiger charge is 2.20. The Morgan fingerprint density at radius 1 is 1.22 bits per heavy atom. The van der Waals surface area contributed by atoms with E-state index in [1.165, 1.54) is 6.07 Å². The van der Waals surface area contributed by atoms with Gasteiger partial charge in [-0.1, -0.05) is 18.2 Å². The molecule has 1 aromatic heterocycles. The maximum absolute atomic E-state index is 11.1. The summed E-state index contributed by atoms with van der Waals surface area (Å²) in [4.78, 5) is 13.3. The average Bonchev–Trinajstić information content (AvgIpc) is 2.67. The van der Waals surface area contributed by atoms with Crippen molar-refractivity contribution in [2.75, 3.05) is 0 Å². The molecule has 0 aliphatic rings. The molecule has 0 aliphatic heterocycles. The fraction of sp³-hybridized carbons (Fsp3) is 0.214. The number of carbonyl (C=O) groups is 1. The van der Waals surface area contributed by atoms with Crippen LogP contribution in [0.2, 0.25) is 0 Å². The molecule has 0 saturated carbocycles. The second-order valence-corrected chi connectivity index (χ2v) is 5.62. The summed E-state index contributed by atoms with van der Waals surface area (Å²) in [7, 11) is 0. The number of hydrogen-bond donors (Lipinski definition) is 2. The van der Waals surface area contributed by atoms with Gasteiger partial charge in [0, 0.05) is 9.75 Å². The molecule has 0 aliphatic carbocycles. The normalized spacial score (nSPS) is 12.4. The standard InChI is InChI=1S/C14H14O3S/c1-8-7-12(9(2)18-8)13(15)10-5-3-4-6-11(10)14(16)17/h3-7,13,15H,1-2H3,(H,16,17). The zero-order valence-electron chi connectivity index (χ0n) is 10.2. The maximum Gasteiger partial charge on any atom is 0.336 e. The second-order valence-electron chi connectivity index (χ2n) is 4.16. The lowest BCUT2D eigenvalue weighted by Gasteiger charge is -2.13. The zero-order valence-corrected chi connectivity index (χ0v) is 11.0. The van der Waals surface area contributed by atoms with Crippen LogP contribution in [0.4, 0.5) is 0 Å². The van der Waals surface area contributed by atoms with Gasteiger partial charge in [-0.05, 0) is 37.1 Å². The molecule has 1 atom stereocenters. The Balaban J connectivity index is 2.49. The molecule has 4 heteroatoms. The quantitative estimate of drug-likeness (QED) is 0.893. The van der Waals surface area contributed by atoms with Crippen molar-refractivity contribution in [2.24, 2.45) is 0 Å². The molecule has 0 spiro atoms. The number of aliphatic hydroxyl groups is 1. The van der Waals surface area contributed by atoms with Crippen molar-refractivity contribution in [1.29, 1.82) is 0 Å². The SMILES string of the molecule is Cc1cc(C(O)c2ccccc2C(=O)O)c(C)s1. The molecule has 0 radical (unpaired) electrons. The van der Waals surface area contributed by atoms with E-state index in [9.17, 15) is 9.90 Å². The van der Waals surface area contributed by atoms with E-state index in [0.29, 0.717) is 5.56 Å². The topological polar surface area (TPSA) is 57.5 Å². The van der Waals surface area contributed by atoms with Crippen LogP contribution in [0.25, 0.3) is 0 Å². The van der Waals surface area contributed by atoms with E-state index in [1.54, 1.807) is 29.5 Å². The molecule has 2 N–H and O–H groups in total. The van der Waals surface area contributed by atoms with Gasteiger partial charge in [0.1, 0.15) is 6.10 Å². The molecule has 1 unspecified atom stereocenters. The number of hydrogen-bond acceptors (Lipinski definition) is 3. The summed E-state index contributed by atoms with van der Waals surface area (Å²) in [5.74, 6) is -1.02. The fourth-order valence-electron chi connectivity index (χ4n) is 2.02. The van der Waals surface area contributed by atoms with Gasteiger partial charge in [-0.2, -0.15) is 0 Å². The van der Waals surface area contributed by atoms with Crippen molar-refractivity contribution in [3.63, 3.8) is 0 Å². The van der Waals surface area contributed by atoms with E-state index in [2.05, 4.69) is 0 Å². The molecular formula is C14H14O3S. The third kappa shape index (κ3) is 2.30. The van der Waals surface area contributed by atoms with Gasteiger partial charge in [0.15, 0.2) is 0 Å². The minimum atomic E-state index is -1.02. The third-order valence-electron chi connectivity index (χ3n) is 2.86. The average molecular weight is 262 g/mol. The van der Waals surface area contributed by atoms with E-state index in [4.69, 9.17) is 5.11 Å². The number of aromatic carboxylic acids is 1. The van der Waals surface area contributed by atoms with E-state index < -0.39 is 12.1 Å². The van der Waals surface area contributed by atoms with Gasteiger partial charge in [-0.15, -0.1) is 11.3 Å². The first-order valence-electron chi connectivity index (χ1n) is 5.58. The molecule has 3 nitrogen and oxygen atoms in total. The van der Waals surface area contributed by atoms with Crippen molar-refractivity contribution < 1.29 is 15.0 Å². The first-order valence-corrected chi connectivity index (χ1v) is 6.39. The highest BCUT2D eigenvalue weighted by atomic mass is 32.1. The minimum Gasteiger partial charge on any atom is -0.478 e. The van der Waals surface area contributed by atoms with Crippen LogP contribution in [0, 0.1) is 13.8 Å². The Morgan fingerprint density at radius 3 is 2.44 bits per heavy atom. The van der Waals surface area contributed by atoms with E-state index in [1.807, 2.05) is 19.9 Å². The smallest absolute Gasteiger partial charge is 0.336 e. The number of benzene rings is 1. The van der Waals surface area contributed by atoms with E-state index in [-0.39, 0.29) is 5.56 Å². The summed E-state index contributed by atoms with van der Waals surface area (Å²) in [6.45, 7) is 3.90. The number of carboxylic acids is 1. The molecule has 1 aromatic carbocycles. The molecule has 0 amide bonds. The summed E-state index contributed by atoms with van der Waals surface area (Å²) in [5.41, 5.74) is 1.37. The molecule has 94 valence electrons. The summed E-state index contributed by atoms with van der Waals surface area (Å²) in [5, 5.41) is 19.5. The van der Waals surface area contributed by atoms with Crippen molar-refractivity contribution in [3.05, 3.63) is 56.8 Å². The number of rotatable bonds is 3. The summed E-state index contributed by atoms with van der Waals surface area (Å²) in [6.07, 6.45) is -0.887. The van der Waals surface area contributed by atoms with Crippen molar-refractivity contribution in [3.8, 4) is 0 Å². The molecular weight excluding hydrogens is 248 g/mol. The van der Waals surface area contributed by atoms with Crippen molar-refractivity contribution in [1.82, 2.24) is 0 Å². The van der Waals surface area contributed by atoms with Crippen LogP contribution in [-0.2, 0) is 0 Å². The third-order valence-corrected chi connectivity index (χ3v) is 3.84. The van der Waals surface area contributed by atoms with Gasteiger partial charge in [-0.25, -0.2) is 4.79 Å². The number of carboxylic acid groups (broad SMARTS) is 1. The van der Waals surface area contributed by atoms with Crippen LogP contribution >= 0.6 is 11.3 Å². The van der Waals surface area contributed by atoms with Gasteiger partial charge < -0.3 is 10.2 Å². The zero-order chi connectivity index (χ0) is 13.3. The lowest BCUT2D eigenvalue weighted by Crippen LogP contribution is -2.08. The number of aryl methyl sites for hydroxylation is 2. The lowest BCUT2D eigenvalue weighted by molar-refractivity contribution is 0.0691. The van der Waals surface area contributed by atoms with Crippen LogP contribution in [-0.4, -0.2) is 16.2 Å². The Morgan fingerprint density at radius 2 is 1.89 bits per heavy atom. The minimum absolute atomic E-state index is 0.147. The Labute approximate surface area is 109 Å².